The first-order valence-corrected chi connectivity index (χ1v) is 14.2. The van der Waals surface area contributed by atoms with Crippen molar-refractivity contribution in [1.29, 1.82) is 0 Å². The summed E-state index contributed by atoms with van der Waals surface area (Å²) in [7, 11) is 0. The lowest BCUT2D eigenvalue weighted by molar-refractivity contribution is -0.209. The largest absolute Gasteiger partial charge is 0.462 e. The van der Waals surface area contributed by atoms with Gasteiger partial charge in [-0.05, 0) is 103 Å². The average molecular weight is 530 g/mol. The molecule has 4 rings (SSSR count). The van der Waals surface area contributed by atoms with Gasteiger partial charge in [0.15, 0.2) is 6.61 Å². The smallest absolute Gasteiger partial charge is 0.311 e. The first kappa shape index (κ1) is 28.7. The van der Waals surface area contributed by atoms with Crippen molar-refractivity contribution >= 4 is 11.9 Å². The highest BCUT2D eigenvalue weighted by Gasteiger charge is 2.65. The van der Waals surface area contributed by atoms with Gasteiger partial charge in [-0.15, -0.1) is 6.42 Å². The van der Waals surface area contributed by atoms with E-state index in [1.165, 1.54) is 0 Å². The molecule has 0 heterocycles. The molecule has 0 aromatic carbocycles. The van der Waals surface area contributed by atoms with Gasteiger partial charge in [0.05, 0.1) is 12.2 Å². The fourth-order valence-electron chi connectivity index (χ4n) is 9.28. The van der Waals surface area contributed by atoms with Crippen LogP contribution < -0.4 is 0 Å². The summed E-state index contributed by atoms with van der Waals surface area (Å²) in [5, 5.41) is 26.6. The Morgan fingerprint density at radius 3 is 2.63 bits per heavy atom. The van der Waals surface area contributed by atoms with Gasteiger partial charge in [-0.2, -0.15) is 0 Å². The summed E-state index contributed by atoms with van der Waals surface area (Å²) in [6.07, 6.45) is 10.6. The normalized spacial score (nSPS) is 42.3. The number of hydrogen-bond donors (Lipinski definition) is 2. The van der Waals surface area contributed by atoms with E-state index in [2.05, 4.69) is 36.7 Å². The van der Waals surface area contributed by atoms with Crippen LogP contribution in [0.3, 0.4) is 0 Å². The Morgan fingerprint density at radius 1 is 1.16 bits per heavy atom. The van der Waals surface area contributed by atoms with Crippen LogP contribution in [0.5, 0.6) is 0 Å². The molecule has 4 saturated carbocycles. The van der Waals surface area contributed by atoms with E-state index in [1.54, 1.807) is 0 Å². The minimum atomic E-state index is -0.509. The molecule has 0 spiro atoms. The van der Waals surface area contributed by atoms with Crippen molar-refractivity contribution in [2.75, 3.05) is 13.2 Å². The van der Waals surface area contributed by atoms with Gasteiger partial charge < -0.3 is 19.7 Å². The minimum Gasteiger partial charge on any atom is -0.462 e. The van der Waals surface area contributed by atoms with Crippen molar-refractivity contribution in [2.24, 2.45) is 51.5 Å². The summed E-state index contributed by atoms with van der Waals surface area (Å²) < 4.78 is 10.6. The number of rotatable bonds is 8. The number of azide groups is 1. The lowest BCUT2D eigenvalue weighted by atomic mass is 9.43. The standard InChI is InChI=1S/C29H43N3O6/c1-5-12-37-25(35)9-6-17(2)20-7-8-21-27-22(15-24(34)29(20,21)4)28(3)11-10-19(13-18(28)14-23(27)33)38-26(36)16-31-32-30/h1,17-24,27,33-34H,6-16H2,2-4H3/t17-,18+,19-,20-,21+,22+,23-,24+,27+,28+,29-/m1/s1. The van der Waals surface area contributed by atoms with E-state index < -0.39 is 18.2 Å². The molecule has 9 nitrogen and oxygen atoms in total. The molecule has 0 saturated heterocycles. The SMILES string of the molecule is C#CCOC(=O)CC[C@@H](C)[C@H]1CC[C@H]2[C@@H]3[C@H](O)C[C@@H]4C[C@H](OC(=O)CN=[N+]=[N-])CC[C@]4(C)[C@H]3C[C@H](O)[C@]12C. The van der Waals surface area contributed by atoms with Crippen LogP contribution in [-0.2, 0) is 19.1 Å². The molecule has 0 aromatic heterocycles. The number of hydrogen-bond acceptors (Lipinski definition) is 7. The van der Waals surface area contributed by atoms with E-state index >= 15 is 0 Å². The Kier molecular flexibility index (Phi) is 8.66. The third-order valence-electron chi connectivity index (χ3n) is 11.2. The van der Waals surface area contributed by atoms with Crippen molar-refractivity contribution in [1.82, 2.24) is 0 Å². The summed E-state index contributed by atoms with van der Waals surface area (Å²) in [6, 6.07) is 0. The van der Waals surface area contributed by atoms with E-state index in [0.717, 1.165) is 25.7 Å². The minimum absolute atomic E-state index is 0.00517. The Morgan fingerprint density at radius 2 is 1.92 bits per heavy atom. The predicted octanol–water partition coefficient (Wildman–Crippen LogP) is 4.40. The van der Waals surface area contributed by atoms with Crippen molar-refractivity contribution in [3.05, 3.63) is 10.4 Å². The summed E-state index contributed by atoms with van der Waals surface area (Å²) in [5.41, 5.74) is 8.11. The molecule has 210 valence electrons. The van der Waals surface area contributed by atoms with Crippen LogP contribution in [0, 0.1) is 58.7 Å². The summed E-state index contributed by atoms with van der Waals surface area (Å²) in [4.78, 5) is 26.7. The van der Waals surface area contributed by atoms with Crippen molar-refractivity contribution < 1.29 is 29.3 Å². The second-order valence-electron chi connectivity index (χ2n) is 12.8. The number of carbonyl (C=O) groups excluding carboxylic acids is 2. The zero-order valence-corrected chi connectivity index (χ0v) is 22.9. The van der Waals surface area contributed by atoms with Gasteiger partial charge in [-0.3, -0.25) is 9.59 Å². The van der Waals surface area contributed by atoms with Crippen LogP contribution in [0.4, 0.5) is 0 Å². The number of nitrogens with zero attached hydrogens (tertiary/aromatic N) is 3. The molecule has 0 unspecified atom stereocenters. The number of ether oxygens (including phenoxy) is 2. The maximum Gasteiger partial charge on any atom is 0.311 e. The number of carbonyl (C=O) groups is 2. The summed E-state index contributed by atoms with van der Waals surface area (Å²) in [6.45, 7) is 6.38. The molecule has 4 fully saturated rings. The van der Waals surface area contributed by atoms with Gasteiger partial charge in [0.2, 0.25) is 0 Å². The highest BCUT2D eigenvalue weighted by atomic mass is 16.5. The molecule has 0 radical (unpaired) electrons. The third kappa shape index (κ3) is 5.15. The van der Waals surface area contributed by atoms with Crippen LogP contribution in [0.15, 0.2) is 5.11 Å². The van der Waals surface area contributed by atoms with E-state index in [-0.39, 0.29) is 71.6 Å². The molecule has 4 aliphatic rings. The molecule has 0 amide bonds. The van der Waals surface area contributed by atoms with Gasteiger partial charge >= 0.3 is 11.9 Å². The third-order valence-corrected chi connectivity index (χ3v) is 11.2. The maximum absolute atomic E-state index is 12.0. The van der Waals surface area contributed by atoms with Crippen LogP contribution in [0.25, 0.3) is 10.4 Å². The second-order valence-corrected chi connectivity index (χ2v) is 12.8. The zero-order valence-electron chi connectivity index (χ0n) is 22.9. The first-order chi connectivity index (χ1) is 18.1. The molecule has 4 aliphatic carbocycles. The molecular formula is C29H43N3O6. The fourth-order valence-corrected chi connectivity index (χ4v) is 9.28. The van der Waals surface area contributed by atoms with Crippen LogP contribution in [0.2, 0.25) is 0 Å². The number of terminal acetylenes is 1. The number of esters is 2. The number of aliphatic hydroxyl groups is 2. The molecule has 0 aromatic rings. The van der Waals surface area contributed by atoms with E-state index in [9.17, 15) is 19.8 Å². The molecular weight excluding hydrogens is 486 g/mol. The first-order valence-electron chi connectivity index (χ1n) is 14.2. The topological polar surface area (TPSA) is 142 Å². The highest BCUT2D eigenvalue weighted by Crippen LogP contribution is 2.68. The van der Waals surface area contributed by atoms with Crippen LogP contribution in [0.1, 0.15) is 78.6 Å². The number of aliphatic hydroxyl groups excluding tert-OH is 2. The fraction of sp³-hybridized carbons (Fsp3) is 0.862. The highest BCUT2D eigenvalue weighted by molar-refractivity contribution is 5.72. The van der Waals surface area contributed by atoms with Crippen LogP contribution >= 0.6 is 0 Å². The summed E-state index contributed by atoms with van der Waals surface area (Å²) >= 11 is 0. The second kappa shape index (κ2) is 11.5. The zero-order chi connectivity index (χ0) is 27.7. The predicted molar refractivity (Wildman–Crippen MR) is 140 cm³/mol. The number of fused-ring (bicyclic) bond motifs is 5. The summed E-state index contributed by atoms with van der Waals surface area (Å²) in [5.74, 6) is 2.82. The van der Waals surface area contributed by atoms with Gasteiger partial charge in [0.25, 0.3) is 0 Å². The molecule has 0 bridgehead atoms. The average Bonchev–Trinajstić information content (AvgIpc) is 3.24. The quantitative estimate of drug-likeness (QED) is 0.157. The molecule has 2 N–H and O–H groups in total. The van der Waals surface area contributed by atoms with Crippen LogP contribution in [-0.4, -0.2) is 53.6 Å². The van der Waals surface area contributed by atoms with Crippen molar-refractivity contribution in [3.63, 3.8) is 0 Å². The van der Waals surface area contributed by atoms with E-state index in [0.29, 0.717) is 32.1 Å². The Balaban J connectivity index is 1.46. The van der Waals surface area contributed by atoms with Gasteiger partial charge in [0, 0.05) is 11.3 Å². The van der Waals surface area contributed by atoms with E-state index in [4.69, 9.17) is 21.4 Å². The van der Waals surface area contributed by atoms with Crippen molar-refractivity contribution in [2.45, 2.75) is 96.9 Å². The van der Waals surface area contributed by atoms with Gasteiger partial charge in [-0.25, -0.2) is 0 Å². The lowest BCUT2D eigenvalue weighted by Gasteiger charge is -2.63. The van der Waals surface area contributed by atoms with E-state index in [1.807, 2.05) is 0 Å². The Labute approximate surface area is 225 Å². The monoisotopic (exact) mass is 529 g/mol. The lowest BCUT2D eigenvalue weighted by Crippen LogP contribution is -2.62. The Bertz CT molecular complexity index is 991. The molecule has 0 aliphatic heterocycles. The maximum atomic E-state index is 12.0. The van der Waals surface area contributed by atoms with Crippen molar-refractivity contribution in [3.8, 4) is 12.3 Å². The van der Waals surface area contributed by atoms with Gasteiger partial charge in [-0.1, -0.05) is 31.8 Å². The molecule has 9 heteroatoms. The molecule has 11 atom stereocenters. The Hall–Kier alpha value is -2.27. The molecule has 38 heavy (non-hydrogen) atoms. The van der Waals surface area contributed by atoms with Gasteiger partial charge in [0.1, 0.15) is 12.6 Å².